The number of rotatable bonds is 1. The predicted molar refractivity (Wildman–Crippen MR) is 48.7 cm³/mol. The van der Waals surface area contributed by atoms with Gasteiger partial charge in [0.05, 0.1) is 10.3 Å². The van der Waals surface area contributed by atoms with Gasteiger partial charge in [-0.25, -0.2) is 4.21 Å². The molecule has 68 valence electrons. The largest absolute Gasteiger partial charge is 0.284 e. The van der Waals surface area contributed by atoms with Crippen LogP contribution in [0.4, 0.5) is 0 Å². The van der Waals surface area contributed by atoms with Gasteiger partial charge in [0.25, 0.3) is 0 Å². The van der Waals surface area contributed by atoms with E-state index < -0.39 is 11.1 Å². The molecule has 0 fully saturated rings. The van der Waals surface area contributed by atoms with E-state index in [1.54, 1.807) is 0 Å². The van der Waals surface area contributed by atoms with Gasteiger partial charge in [0.2, 0.25) is 0 Å². The van der Waals surface area contributed by atoms with E-state index in [9.17, 15) is 4.21 Å². The fourth-order valence-corrected chi connectivity index (χ4v) is 1.06. The molecule has 11 heavy (non-hydrogen) atoms. The van der Waals surface area contributed by atoms with Crippen molar-refractivity contribution in [1.29, 1.82) is 0 Å². The van der Waals surface area contributed by atoms with Gasteiger partial charge in [0.1, 0.15) is 0 Å². The van der Waals surface area contributed by atoms with Crippen LogP contribution >= 0.6 is 0 Å². The third-order valence-corrected chi connectivity index (χ3v) is 2.48. The Labute approximate surface area is 72.0 Å². The Morgan fingerprint density at radius 2 is 1.36 bits per heavy atom. The van der Waals surface area contributed by atoms with Crippen LogP contribution in [0, 0.1) is 0 Å². The molecule has 0 saturated heterocycles. The lowest BCUT2D eigenvalue weighted by Crippen LogP contribution is -2.31. The minimum Gasteiger partial charge on any atom is -0.284 e. The summed E-state index contributed by atoms with van der Waals surface area (Å²) in [5.41, 5.74) is -0.321. The third kappa shape index (κ3) is 5.39. The molecule has 0 rings (SSSR count). The molecule has 3 heteroatoms. The summed E-state index contributed by atoms with van der Waals surface area (Å²) in [6, 6.07) is 0. The van der Waals surface area contributed by atoms with Gasteiger partial charge in [-0.1, -0.05) is 0 Å². The molecule has 0 aliphatic carbocycles. The zero-order chi connectivity index (χ0) is 9.28. The fraction of sp³-hybridized carbons (Fsp3) is 1.00. The van der Waals surface area contributed by atoms with Crippen LogP contribution in [0.3, 0.4) is 0 Å². The lowest BCUT2D eigenvalue weighted by Gasteiger charge is -2.24. The molecule has 0 unspecified atom stereocenters. The highest BCUT2D eigenvalue weighted by atomic mass is 32.2. The van der Waals surface area contributed by atoms with Crippen molar-refractivity contribution >= 4 is 11.1 Å². The van der Waals surface area contributed by atoms with Crippen LogP contribution < -0.4 is 0 Å². The SMILES string of the molecule is CC(C)(C)O[S@](=O)C(C)(C)C. The van der Waals surface area contributed by atoms with E-state index in [0.717, 1.165) is 0 Å². The molecule has 0 radical (unpaired) electrons. The summed E-state index contributed by atoms with van der Waals surface area (Å²) < 4.78 is 16.4. The molecule has 0 amide bonds. The first-order chi connectivity index (χ1) is 4.63. The fourth-order valence-electron chi connectivity index (χ4n) is 0.352. The van der Waals surface area contributed by atoms with Crippen molar-refractivity contribution in [1.82, 2.24) is 0 Å². The Bertz CT molecular complexity index is 150. The second-order valence-corrected chi connectivity index (χ2v) is 6.40. The summed E-state index contributed by atoms with van der Waals surface area (Å²) in [5, 5.41) is 0. The molecule has 0 aliphatic rings. The average molecular weight is 178 g/mol. The van der Waals surface area contributed by atoms with E-state index in [0.29, 0.717) is 0 Å². The molecule has 0 heterocycles. The Hall–Kier alpha value is 0.110. The van der Waals surface area contributed by atoms with Gasteiger partial charge < -0.3 is 0 Å². The zero-order valence-corrected chi connectivity index (χ0v) is 9.04. The summed E-state index contributed by atoms with van der Waals surface area (Å²) in [6.45, 7) is 11.4. The maximum absolute atomic E-state index is 11.4. The Balaban J connectivity index is 4.11. The highest BCUT2D eigenvalue weighted by molar-refractivity contribution is 7.81. The van der Waals surface area contributed by atoms with Gasteiger partial charge in [0, 0.05) is 0 Å². The molecule has 0 bridgehead atoms. The number of hydrogen-bond donors (Lipinski definition) is 0. The lowest BCUT2D eigenvalue weighted by molar-refractivity contribution is 0.148. The molecular formula is C8H18O2S. The van der Waals surface area contributed by atoms with E-state index in [4.69, 9.17) is 4.18 Å². The quantitative estimate of drug-likeness (QED) is 0.615. The first-order valence-electron chi connectivity index (χ1n) is 3.74. The predicted octanol–water partition coefficient (Wildman–Crippen LogP) is 2.26. The van der Waals surface area contributed by atoms with E-state index in [2.05, 4.69) is 0 Å². The van der Waals surface area contributed by atoms with Crippen LogP contribution in [0.1, 0.15) is 41.5 Å². The Morgan fingerprint density at radius 1 is 1.00 bits per heavy atom. The Kier molecular flexibility index (Phi) is 3.27. The monoisotopic (exact) mass is 178 g/mol. The molecule has 0 aliphatic heterocycles. The van der Waals surface area contributed by atoms with Crippen LogP contribution in [0.15, 0.2) is 0 Å². The summed E-state index contributed by atoms with van der Waals surface area (Å²) >= 11 is -1.21. The second-order valence-electron chi connectivity index (χ2n) is 4.54. The van der Waals surface area contributed by atoms with Crippen LogP contribution in [0.25, 0.3) is 0 Å². The van der Waals surface area contributed by atoms with Crippen LogP contribution in [-0.2, 0) is 15.3 Å². The first-order valence-corrected chi connectivity index (χ1v) is 4.82. The molecule has 0 saturated carbocycles. The normalized spacial score (nSPS) is 16.5. The van der Waals surface area contributed by atoms with Gasteiger partial charge in [-0.15, -0.1) is 0 Å². The number of hydrogen-bond acceptors (Lipinski definition) is 2. The maximum atomic E-state index is 11.4. The first kappa shape index (κ1) is 11.1. The molecule has 0 aromatic rings. The van der Waals surface area contributed by atoms with Crippen molar-refractivity contribution in [2.45, 2.75) is 51.9 Å². The van der Waals surface area contributed by atoms with Crippen molar-refractivity contribution in [2.24, 2.45) is 0 Å². The second kappa shape index (κ2) is 3.23. The van der Waals surface area contributed by atoms with Gasteiger partial charge in [-0.2, -0.15) is 0 Å². The highest BCUT2D eigenvalue weighted by Gasteiger charge is 2.25. The van der Waals surface area contributed by atoms with E-state index in [1.807, 2.05) is 41.5 Å². The van der Waals surface area contributed by atoms with Gasteiger partial charge >= 0.3 is 0 Å². The average Bonchev–Trinajstić information content (AvgIpc) is 1.56. The van der Waals surface area contributed by atoms with Crippen molar-refractivity contribution in [3.05, 3.63) is 0 Å². The van der Waals surface area contributed by atoms with Crippen LogP contribution in [-0.4, -0.2) is 14.6 Å². The van der Waals surface area contributed by atoms with E-state index >= 15 is 0 Å². The molecule has 0 aromatic carbocycles. The lowest BCUT2D eigenvalue weighted by atomic mass is 10.2. The standard InChI is InChI=1S/C8H18O2S/c1-7(2,3)10-11(9)8(4,5)6/h1-6H3/t11-/m0/s1. The maximum Gasteiger partial charge on any atom is 0.161 e. The van der Waals surface area contributed by atoms with Gasteiger partial charge in [-0.3, -0.25) is 4.18 Å². The Morgan fingerprint density at radius 3 is 1.45 bits per heavy atom. The van der Waals surface area contributed by atoms with E-state index in [-0.39, 0.29) is 10.3 Å². The highest BCUT2D eigenvalue weighted by Crippen LogP contribution is 2.18. The zero-order valence-electron chi connectivity index (χ0n) is 8.22. The molecule has 0 spiro atoms. The van der Waals surface area contributed by atoms with Crippen LogP contribution in [0.2, 0.25) is 0 Å². The summed E-state index contributed by atoms with van der Waals surface area (Å²) in [6.07, 6.45) is 0. The molecule has 0 N–H and O–H groups in total. The third-order valence-electron chi connectivity index (χ3n) is 0.826. The van der Waals surface area contributed by atoms with Crippen LogP contribution in [0.5, 0.6) is 0 Å². The smallest absolute Gasteiger partial charge is 0.161 e. The van der Waals surface area contributed by atoms with E-state index in [1.165, 1.54) is 0 Å². The molecule has 2 nitrogen and oxygen atoms in total. The van der Waals surface area contributed by atoms with Gasteiger partial charge in [-0.05, 0) is 41.5 Å². The van der Waals surface area contributed by atoms with Crippen molar-refractivity contribution in [3.63, 3.8) is 0 Å². The summed E-state index contributed by atoms with van der Waals surface area (Å²) in [5.74, 6) is 0. The molecular weight excluding hydrogens is 160 g/mol. The topological polar surface area (TPSA) is 26.3 Å². The van der Waals surface area contributed by atoms with Crippen molar-refractivity contribution in [3.8, 4) is 0 Å². The van der Waals surface area contributed by atoms with Gasteiger partial charge in [0.15, 0.2) is 11.1 Å². The molecule has 0 aromatic heterocycles. The van der Waals surface area contributed by atoms with Crippen molar-refractivity contribution in [2.75, 3.05) is 0 Å². The molecule has 1 atom stereocenters. The summed E-state index contributed by atoms with van der Waals surface area (Å²) in [7, 11) is 0. The van der Waals surface area contributed by atoms with Crippen molar-refractivity contribution < 1.29 is 8.39 Å². The minimum atomic E-state index is -1.21. The minimum absolute atomic E-state index is 0.284. The summed E-state index contributed by atoms with van der Waals surface area (Å²) in [4.78, 5) is 0.